The van der Waals surface area contributed by atoms with Gasteiger partial charge in [-0.1, -0.05) is 19.1 Å². The first kappa shape index (κ1) is 13.4. The first-order valence-corrected chi connectivity index (χ1v) is 5.80. The number of anilines is 1. The number of likely N-dealkylation sites (N-methyl/N-ethyl adjacent to an activating group) is 1. The van der Waals surface area contributed by atoms with E-state index < -0.39 is 0 Å². The summed E-state index contributed by atoms with van der Waals surface area (Å²) in [6.07, 6.45) is 0.670. The Labute approximate surface area is 107 Å². The highest BCUT2D eigenvalue weighted by molar-refractivity contribution is 7.80. The SMILES string of the molecule is CCC(C(N)=O)N(C)c1ccc(C(N)=S)cc1. The predicted octanol–water partition coefficient (Wildman–Crippen LogP) is 1.02. The van der Waals surface area contributed by atoms with Crippen LogP contribution in [0.15, 0.2) is 24.3 Å². The van der Waals surface area contributed by atoms with E-state index in [1.165, 1.54) is 0 Å². The number of nitrogens with two attached hydrogens (primary N) is 2. The van der Waals surface area contributed by atoms with Crippen LogP contribution in [0.2, 0.25) is 0 Å². The first-order valence-electron chi connectivity index (χ1n) is 5.39. The lowest BCUT2D eigenvalue weighted by Gasteiger charge is -2.26. The summed E-state index contributed by atoms with van der Waals surface area (Å²) in [5.41, 5.74) is 12.6. The second-order valence-electron chi connectivity index (χ2n) is 3.85. The number of benzene rings is 1. The van der Waals surface area contributed by atoms with Crippen LogP contribution in [0, 0.1) is 0 Å². The van der Waals surface area contributed by atoms with E-state index in [2.05, 4.69) is 0 Å². The molecule has 1 aromatic carbocycles. The summed E-state index contributed by atoms with van der Waals surface area (Å²) >= 11 is 4.88. The highest BCUT2D eigenvalue weighted by atomic mass is 32.1. The molecule has 1 rings (SSSR count). The average Bonchev–Trinajstić information content (AvgIpc) is 2.29. The number of carbonyl (C=O) groups is 1. The second-order valence-corrected chi connectivity index (χ2v) is 4.29. The predicted molar refractivity (Wildman–Crippen MR) is 74.0 cm³/mol. The molecule has 0 aromatic heterocycles. The Bertz CT molecular complexity index is 416. The number of hydrogen-bond acceptors (Lipinski definition) is 3. The van der Waals surface area contributed by atoms with Gasteiger partial charge in [0.05, 0.1) is 0 Å². The van der Waals surface area contributed by atoms with Crippen molar-refractivity contribution in [2.24, 2.45) is 11.5 Å². The summed E-state index contributed by atoms with van der Waals surface area (Å²) in [6.45, 7) is 1.93. The molecule has 1 atom stereocenters. The number of carbonyl (C=O) groups excluding carboxylic acids is 1. The summed E-state index contributed by atoms with van der Waals surface area (Å²) < 4.78 is 0. The van der Waals surface area contributed by atoms with Gasteiger partial charge < -0.3 is 16.4 Å². The van der Waals surface area contributed by atoms with Crippen LogP contribution >= 0.6 is 12.2 Å². The number of thiocarbonyl (C=S) groups is 1. The maximum atomic E-state index is 11.3. The van der Waals surface area contributed by atoms with Gasteiger partial charge in [-0.2, -0.15) is 0 Å². The Balaban J connectivity index is 2.92. The molecule has 0 aliphatic heterocycles. The normalized spacial score (nSPS) is 11.9. The fraction of sp³-hybridized carbons (Fsp3) is 0.333. The summed E-state index contributed by atoms with van der Waals surface area (Å²) in [5.74, 6) is -0.326. The van der Waals surface area contributed by atoms with Crippen molar-refractivity contribution in [1.29, 1.82) is 0 Å². The van der Waals surface area contributed by atoms with Crippen LogP contribution < -0.4 is 16.4 Å². The maximum Gasteiger partial charge on any atom is 0.240 e. The van der Waals surface area contributed by atoms with Crippen LogP contribution in [0.25, 0.3) is 0 Å². The summed E-state index contributed by atoms with van der Waals surface area (Å²) in [6, 6.07) is 7.12. The monoisotopic (exact) mass is 251 g/mol. The summed E-state index contributed by atoms with van der Waals surface area (Å²) in [4.78, 5) is 13.5. The van der Waals surface area contributed by atoms with E-state index in [1.54, 1.807) is 0 Å². The Morgan fingerprint density at radius 3 is 2.24 bits per heavy atom. The minimum atomic E-state index is -0.326. The Hall–Kier alpha value is -1.62. The zero-order valence-electron chi connectivity index (χ0n) is 10.0. The van der Waals surface area contributed by atoms with E-state index >= 15 is 0 Å². The molecule has 17 heavy (non-hydrogen) atoms. The smallest absolute Gasteiger partial charge is 0.240 e. The van der Waals surface area contributed by atoms with Gasteiger partial charge in [0.25, 0.3) is 0 Å². The first-order chi connectivity index (χ1) is 7.97. The van der Waals surface area contributed by atoms with Crippen molar-refractivity contribution in [3.8, 4) is 0 Å². The molecule has 0 radical (unpaired) electrons. The van der Waals surface area contributed by atoms with Gasteiger partial charge in [0.2, 0.25) is 5.91 Å². The molecule has 4 N–H and O–H groups in total. The van der Waals surface area contributed by atoms with Crippen molar-refractivity contribution in [3.63, 3.8) is 0 Å². The van der Waals surface area contributed by atoms with Crippen molar-refractivity contribution in [2.45, 2.75) is 19.4 Å². The van der Waals surface area contributed by atoms with Crippen LogP contribution in [0.5, 0.6) is 0 Å². The molecule has 0 spiro atoms. The number of amides is 1. The zero-order valence-corrected chi connectivity index (χ0v) is 10.8. The van der Waals surface area contributed by atoms with Crippen LogP contribution in [-0.4, -0.2) is 24.0 Å². The zero-order chi connectivity index (χ0) is 13.0. The summed E-state index contributed by atoms with van der Waals surface area (Å²) in [5, 5.41) is 0. The number of primary amides is 1. The van der Waals surface area contributed by atoms with Crippen LogP contribution in [0.3, 0.4) is 0 Å². The van der Waals surface area contributed by atoms with E-state index in [4.69, 9.17) is 23.7 Å². The van der Waals surface area contributed by atoms with Crippen molar-refractivity contribution in [3.05, 3.63) is 29.8 Å². The molecule has 1 unspecified atom stereocenters. The Morgan fingerprint density at radius 2 is 1.88 bits per heavy atom. The molecule has 4 nitrogen and oxygen atoms in total. The fourth-order valence-electron chi connectivity index (χ4n) is 1.71. The molecule has 1 aromatic rings. The minimum absolute atomic E-state index is 0.300. The third kappa shape index (κ3) is 3.17. The lowest BCUT2D eigenvalue weighted by Crippen LogP contribution is -2.42. The lowest BCUT2D eigenvalue weighted by atomic mass is 10.1. The van der Waals surface area contributed by atoms with Crippen molar-refractivity contribution in [2.75, 3.05) is 11.9 Å². The van der Waals surface area contributed by atoms with Gasteiger partial charge in [-0.25, -0.2) is 0 Å². The molecule has 0 saturated heterocycles. The standard InChI is InChI=1S/C12H17N3OS/c1-3-10(11(13)16)15(2)9-6-4-8(5-7-9)12(14)17/h4-7,10H,3H2,1-2H3,(H2,13,16)(H2,14,17). The van der Waals surface area contributed by atoms with E-state index in [-0.39, 0.29) is 11.9 Å². The van der Waals surface area contributed by atoms with E-state index in [1.807, 2.05) is 43.1 Å². The van der Waals surface area contributed by atoms with E-state index in [0.29, 0.717) is 11.4 Å². The number of hydrogen-bond donors (Lipinski definition) is 2. The van der Waals surface area contributed by atoms with Gasteiger partial charge >= 0.3 is 0 Å². The van der Waals surface area contributed by atoms with Crippen molar-refractivity contribution >= 4 is 28.8 Å². The molecular formula is C12H17N3OS. The molecule has 0 heterocycles. The lowest BCUT2D eigenvalue weighted by molar-refractivity contribution is -0.119. The van der Waals surface area contributed by atoms with Crippen LogP contribution in [0.4, 0.5) is 5.69 Å². The van der Waals surface area contributed by atoms with Gasteiger partial charge in [0, 0.05) is 18.3 Å². The Kier molecular flexibility index (Phi) is 4.45. The molecule has 0 fully saturated rings. The molecule has 92 valence electrons. The van der Waals surface area contributed by atoms with Crippen molar-refractivity contribution < 1.29 is 4.79 Å². The molecular weight excluding hydrogens is 234 g/mol. The average molecular weight is 251 g/mol. The van der Waals surface area contributed by atoms with E-state index in [9.17, 15) is 4.79 Å². The van der Waals surface area contributed by atoms with Crippen LogP contribution in [-0.2, 0) is 4.79 Å². The quantitative estimate of drug-likeness (QED) is 0.766. The summed E-state index contributed by atoms with van der Waals surface area (Å²) in [7, 11) is 1.84. The molecule has 1 amide bonds. The van der Waals surface area contributed by atoms with Gasteiger partial charge in [-0.15, -0.1) is 0 Å². The third-order valence-electron chi connectivity index (χ3n) is 2.74. The molecule has 0 bridgehead atoms. The second kappa shape index (κ2) is 5.63. The minimum Gasteiger partial charge on any atom is -0.389 e. The molecule has 5 heteroatoms. The van der Waals surface area contributed by atoms with Gasteiger partial charge in [-0.05, 0) is 30.7 Å². The third-order valence-corrected chi connectivity index (χ3v) is 2.98. The van der Waals surface area contributed by atoms with Gasteiger partial charge in [0.1, 0.15) is 11.0 Å². The number of nitrogens with zero attached hydrogens (tertiary/aromatic N) is 1. The van der Waals surface area contributed by atoms with Gasteiger partial charge in [-0.3, -0.25) is 4.79 Å². The topological polar surface area (TPSA) is 72.4 Å². The fourth-order valence-corrected chi connectivity index (χ4v) is 1.84. The van der Waals surface area contributed by atoms with Crippen molar-refractivity contribution in [1.82, 2.24) is 0 Å². The Morgan fingerprint density at radius 1 is 1.35 bits per heavy atom. The molecule has 0 aliphatic carbocycles. The van der Waals surface area contributed by atoms with Gasteiger partial charge in [0.15, 0.2) is 0 Å². The van der Waals surface area contributed by atoms with Crippen LogP contribution in [0.1, 0.15) is 18.9 Å². The number of rotatable bonds is 5. The van der Waals surface area contributed by atoms with E-state index in [0.717, 1.165) is 11.3 Å². The maximum absolute atomic E-state index is 11.3. The molecule has 0 saturated carbocycles. The highest BCUT2D eigenvalue weighted by Gasteiger charge is 2.18. The largest absolute Gasteiger partial charge is 0.389 e. The highest BCUT2D eigenvalue weighted by Crippen LogP contribution is 2.17. The molecule has 0 aliphatic rings.